The van der Waals surface area contributed by atoms with Gasteiger partial charge in [-0.2, -0.15) is 0 Å². The molecule has 1 heterocycles. The van der Waals surface area contributed by atoms with Gasteiger partial charge < -0.3 is 20.1 Å². The Morgan fingerprint density at radius 1 is 1.37 bits per heavy atom. The van der Waals surface area contributed by atoms with E-state index in [1.54, 1.807) is 0 Å². The van der Waals surface area contributed by atoms with Gasteiger partial charge in [0.15, 0.2) is 0 Å². The first-order valence-electron chi connectivity index (χ1n) is 6.83. The molecule has 0 atom stereocenters. The van der Waals surface area contributed by atoms with Crippen molar-refractivity contribution in [1.29, 1.82) is 0 Å². The van der Waals surface area contributed by atoms with Gasteiger partial charge in [0, 0.05) is 19.6 Å². The standard InChI is InChI=1S/C13H24N2O4/c1-10(2)11-3-6-15(7-4-11)13(18)14-5-8-19-9-12(16)17/h10-11H,3-9H2,1-2H3,(H,14,18)(H,16,17). The first kappa shape index (κ1) is 15.8. The predicted octanol–water partition coefficient (Wildman–Crippen LogP) is 1.17. The number of nitrogens with zero attached hydrogens (tertiary/aromatic N) is 1. The van der Waals surface area contributed by atoms with Crippen molar-refractivity contribution in [2.24, 2.45) is 11.8 Å². The zero-order valence-corrected chi connectivity index (χ0v) is 11.7. The number of carbonyl (C=O) groups excluding carboxylic acids is 1. The van der Waals surface area contributed by atoms with E-state index in [0.717, 1.165) is 25.9 Å². The number of ether oxygens (including phenoxy) is 1. The Hall–Kier alpha value is -1.30. The molecule has 0 aliphatic carbocycles. The monoisotopic (exact) mass is 272 g/mol. The van der Waals surface area contributed by atoms with Crippen molar-refractivity contribution in [3.8, 4) is 0 Å². The Bertz CT molecular complexity index is 299. The average molecular weight is 272 g/mol. The third-order valence-electron chi connectivity index (χ3n) is 3.52. The molecule has 0 aromatic carbocycles. The van der Waals surface area contributed by atoms with Crippen molar-refractivity contribution in [1.82, 2.24) is 10.2 Å². The lowest BCUT2D eigenvalue weighted by Crippen LogP contribution is -2.45. The van der Waals surface area contributed by atoms with E-state index in [1.165, 1.54) is 0 Å². The number of piperidine rings is 1. The molecule has 1 aliphatic heterocycles. The quantitative estimate of drug-likeness (QED) is 0.711. The molecule has 1 fully saturated rings. The lowest BCUT2D eigenvalue weighted by molar-refractivity contribution is -0.142. The minimum absolute atomic E-state index is 0.0823. The van der Waals surface area contributed by atoms with Crippen molar-refractivity contribution in [3.63, 3.8) is 0 Å². The minimum atomic E-state index is -0.998. The molecule has 6 heteroatoms. The fourth-order valence-electron chi connectivity index (χ4n) is 2.27. The van der Waals surface area contributed by atoms with Gasteiger partial charge in [0.2, 0.25) is 0 Å². The van der Waals surface area contributed by atoms with Crippen molar-refractivity contribution in [2.45, 2.75) is 26.7 Å². The molecular formula is C13H24N2O4. The number of likely N-dealkylation sites (tertiary alicyclic amines) is 1. The fraction of sp³-hybridized carbons (Fsp3) is 0.846. The van der Waals surface area contributed by atoms with Crippen LogP contribution in [0.2, 0.25) is 0 Å². The SMILES string of the molecule is CC(C)C1CCN(C(=O)NCCOCC(=O)O)CC1. The summed E-state index contributed by atoms with van der Waals surface area (Å²) in [5, 5.41) is 11.1. The molecule has 0 bridgehead atoms. The smallest absolute Gasteiger partial charge is 0.329 e. The summed E-state index contributed by atoms with van der Waals surface area (Å²) >= 11 is 0. The van der Waals surface area contributed by atoms with E-state index in [1.807, 2.05) is 4.90 Å². The van der Waals surface area contributed by atoms with Crippen LogP contribution >= 0.6 is 0 Å². The van der Waals surface area contributed by atoms with Crippen LogP contribution in [0.4, 0.5) is 4.79 Å². The molecule has 2 N–H and O–H groups in total. The Balaban J connectivity index is 2.12. The fourth-order valence-corrected chi connectivity index (χ4v) is 2.27. The molecule has 0 saturated carbocycles. The number of rotatable bonds is 6. The largest absolute Gasteiger partial charge is 0.480 e. The lowest BCUT2D eigenvalue weighted by Gasteiger charge is -2.33. The van der Waals surface area contributed by atoms with Crippen molar-refractivity contribution < 1.29 is 19.4 Å². The number of carboxylic acids is 1. The zero-order valence-electron chi connectivity index (χ0n) is 11.7. The number of aliphatic carboxylic acids is 1. The van der Waals surface area contributed by atoms with E-state index < -0.39 is 5.97 Å². The molecule has 0 aromatic rings. The number of urea groups is 1. The topological polar surface area (TPSA) is 78.9 Å². The maximum atomic E-state index is 11.8. The second kappa shape index (κ2) is 7.99. The lowest BCUT2D eigenvalue weighted by atomic mass is 9.87. The number of carboxylic acid groups (broad SMARTS) is 1. The average Bonchev–Trinajstić information content (AvgIpc) is 2.37. The number of hydrogen-bond acceptors (Lipinski definition) is 3. The second-order valence-corrected chi connectivity index (χ2v) is 5.25. The van der Waals surface area contributed by atoms with Gasteiger partial charge in [-0.25, -0.2) is 9.59 Å². The molecule has 0 spiro atoms. The van der Waals surface area contributed by atoms with Gasteiger partial charge in [-0.1, -0.05) is 13.8 Å². The Morgan fingerprint density at radius 3 is 2.53 bits per heavy atom. The van der Waals surface area contributed by atoms with Crippen molar-refractivity contribution >= 4 is 12.0 Å². The van der Waals surface area contributed by atoms with E-state index in [9.17, 15) is 9.59 Å². The normalized spacial score (nSPS) is 16.7. The van der Waals surface area contributed by atoms with Gasteiger partial charge in [0.1, 0.15) is 6.61 Å². The van der Waals surface area contributed by atoms with Crippen LogP contribution in [0.5, 0.6) is 0 Å². The molecule has 19 heavy (non-hydrogen) atoms. The van der Waals surface area contributed by atoms with Crippen LogP contribution in [0.1, 0.15) is 26.7 Å². The van der Waals surface area contributed by atoms with Crippen LogP contribution in [-0.4, -0.2) is 54.9 Å². The van der Waals surface area contributed by atoms with Gasteiger partial charge in [-0.3, -0.25) is 0 Å². The van der Waals surface area contributed by atoms with Crippen molar-refractivity contribution in [2.75, 3.05) is 32.8 Å². The Kier molecular flexibility index (Phi) is 6.62. The second-order valence-electron chi connectivity index (χ2n) is 5.25. The molecule has 2 amide bonds. The van der Waals surface area contributed by atoms with Crippen LogP contribution in [0.15, 0.2) is 0 Å². The molecule has 1 rings (SSSR count). The Morgan fingerprint density at radius 2 is 2.00 bits per heavy atom. The van der Waals surface area contributed by atoms with E-state index >= 15 is 0 Å². The minimum Gasteiger partial charge on any atom is -0.480 e. The highest BCUT2D eigenvalue weighted by Crippen LogP contribution is 2.24. The maximum Gasteiger partial charge on any atom is 0.329 e. The predicted molar refractivity (Wildman–Crippen MR) is 71.0 cm³/mol. The number of carbonyl (C=O) groups is 2. The molecule has 6 nitrogen and oxygen atoms in total. The maximum absolute atomic E-state index is 11.8. The van der Waals surface area contributed by atoms with Gasteiger partial charge in [0.05, 0.1) is 6.61 Å². The Labute approximate surface area is 114 Å². The summed E-state index contributed by atoms with van der Waals surface area (Å²) in [5.74, 6) is 0.389. The number of nitrogens with one attached hydrogen (secondary N) is 1. The first-order chi connectivity index (χ1) is 9.00. The van der Waals surface area contributed by atoms with E-state index in [0.29, 0.717) is 18.4 Å². The third kappa shape index (κ3) is 5.92. The molecule has 1 saturated heterocycles. The van der Waals surface area contributed by atoms with Gasteiger partial charge >= 0.3 is 12.0 Å². The summed E-state index contributed by atoms with van der Waals surface area (Å²) < 4.78 is 4.85. The van der Waals surface area contributed by atoms with Crippen LogP contribution < -0.4 is 5.32 Å². The van der Waals surface area contributed by atoms with Gasteiger partial charge in [-0.15, -0.1) is 0 Å². The van der Waals surface area contributed by atoms with Crippen LogP contribution in [-0.2, 0) is 9.53 Å². The highest BCUT2D eigenvalue weighted by Gasteiger charge is 2.24. The number of amides is 2. The molecular weight excluding hydrogens is 248 g/mol. The molecule has 110 valence electrons. The summed E-state index contributed by atoms with van der Waals surface area (Å²) in [6.45, 7) is 6.28. The first-order valence-corrected chi connectivity index (χ1v) is 6.83. The molecule has 0 unspecified atom stereocenters. The molecule has 0 aromatic heterocycles. The van der Waals surface area contributed by atoms with Crippen LogP contribution in [0.25, 0.3) is 0 Å². The third-order valence-corrected chi connectivity index (χ3v) is 3.52. The zero-order chi connectivity index (χ0) is 14.3. The van der Waals surface area contributed by atoms with E-state index in [-0.39, 0.29) is 19.2 Å². The van der Waals surface area contributed by atoms with Crippen LogP contribution in [0, 0.1) is 11.8 Å². The van der Waals surface area contributed by atoms with Crippen molar-refractivity contribution in [3.05, 3.63) is 0 Å². The highest BCUT2D eigenvalue weighted by molar-refractivity contribution is 5.74. The molecule has 0 radical (unpaired) electrons. The molecule has 1 aliphatic rings. The number of hydrogen-bond donors (Lipinski definition) is 2. The highest BCUT2D eigenvalue weighted by atomic mass is 16.5. The summed E-state index contributed by atoms with van der Waals surface area (Å²) in [5.41, 5.74) is 0. The van der Waals surface area contributed by atoms with Crippen LogP contribution in [0.3, 0.4) is 0 Å². The van der Waals surface area contributed by atoms with Gasteiger partial charge in [0.25, 0.3) is 0 Å². The summed E-state index contributed by atoms with van der Waals surface area (Å²) in [7, 11) is 0. The van der Waals surface area contributed by atoms with E-state index in [2.05, 4.69) is 19.2 Å². The van der Waals surface area contributed by atoms with E-state index in [4.69, 9.17) is 9.84 Å². The summed E-state index contributed by atoms with van der Waals surface area (Å²) in [6.07, 6.45) is 2.11. The summed E-state index contributed by atoms with van der Waals surface area (Å²) in [4.78, 5) is 23.8. The van der Waals surface area contributed by atoms with Gasteiger partial charge in [-0.05, 0) is 24.7 Å². The summed E-state index contributed by atoms with van der Waals surface area (Å²) in [6, 6.07) is -0.0823.